The number of nitrogens with zero attached hydrogens (tertiary/aromatic N) is 1. The zero-order valence-electron chi connectivity index (χ0n) is 14.1. The first-order valence-electron chi connectivity index (χ1n) is 8.69. The maximum Gasteiger partial charge on any atom is 0.322 e. The van der Waals surface area contributed by atoms with Crippen molar-refractivity contribution in [3.05, 3.63) is 29.8 Å². The van der Waals surface area contributed by atoms with Crippen molar-refractivity contribution < 1.29 is 4.79 Å². The van der Waals surface area contributed by atoms with E-state index >= 15 is 0 Å². The Labute approximate surface area is 134 Å². The molecule has 1 aromatic carbocycles. The summed E-state index contributed by atoms with van der Waals surface area (Å²) in [6, 6.07) is 8.79. The number of amides is 2. The summed E-state index contributed by atoms with van der Waals surface area (Å²) in [6.45, 7) is 6.62. The van der Waals surface area contributed by atoms with Gasteiger partial charge < -0.3 is 5.32 Å². The Balaban J connectivity index is 1.86. The largest absolute Gasteiger partial charge is 0.335 e. The molecule has 2 aliphatic rings. The smallest absolute Gasteiger partial charge is 0.322 e. The molecular formula is C19H28N2O. The minimum Gasteiger partial charge on any atom is -0.335 e. The maximum atomic E-state index is 13.0. The second kappa shape index (κ2) is 5.94. The Morgan fingerprint density at radius 3 is 2.59 bits per heavy atom. The number of fused-ring (bicyclic) bond motifs is 1. The molecule has 2 amide bonds. The molecule has 1 atom stereocenters. The van der Waals surface area contributed by atoms with Crippen LogP contribution in [0.1, 0.15) is 70.8 Å². The van der Waals surface area contributed by atoms with Gasteiger partial charge >= 0.3 is 6.03 Å². The van der Waals surface area contributed by atoms with Gasteiger partial charge in [-0.15, -0.1) is 0 Å². The Morgan fingerprint density at radius 2 is 1.86 bits per heavy atom. The van der Waals surface area contributed by atoms with Crippen LogP contribution >= 0.6 is 0 Å². The van der Waals surface area contributed by atoms with E-state index in [1.165, 1.54) is 24.8 Å². The molecule has 1 aliphatic carbocycles. The third kappa shape index (κ3) is 2.86. The van der Waals surface area contributed by atoms with Gasteiger partial charge in [-0.2, -0.15) is 0 Å². The fourth-order valence-corrected chi connectivity index (χ4v) is 4.25. The number of rotatable bonds is 1. The lowest BCUT2D eigenvalue weighted by atomic mass is 9.80. The monoisotopic (exact) mass is 300 g/mol. The molecule has 0 spiro atoms. The molecule has 0 radical (unpaired) electrons. The van der Waals surface area contributed by atoms with Gasteiger partial charge in [0.05, 0.1) is 0 Å². The van der Waals surface area contributed by atoms with Crippen LogP contribution in [0.25, 0.3) is 0 Å². The molecule has 0 saturated heterocycles. The average Bonchev–Trinajstić information content (AvgIpc) is 2.47. The van der Waals surface area contributed by atoms with E-state index < -0.39 is 0 Å². The van der Waals surface area contributed by atoms with Gasteiger partial charge in [0.2, 0.25) is 0 Å². The molecule has 1 heterocycles. The molecule has 0 unspecified atom stereocenters. The number of benzene rings is 1. The highest BCUT2D eigenvalue weighted by Gasteiger charge is 2.40. The average molecular weight is 300 g/mol. The topological polar surface area (TPSA) is 32.3 Å². The Morgan fingerprint density at radius 1 is 1.18 bits per heavy atom. The number of anilines is 1. The van der Waals surface area contributed by atoms with E-state index in [4.69, 9.17) is 0 Å². The van der Waals surface area contributed by atoms with Crippen molar-refractivity contribution in [1.82, 2.24) is 5.32 Å². The number of hydrogen-bond donors (Lipinski definition) is 1. The second-order valence-electron chi connectivity index (χ2n) is 7.60. The van der Waals surface area contributed by atoms with E-state index in [2.05, 4.69) is 44.3 Å². The van der Waals surface area contributed by atoms with Gasteiger partial charge in [-0.05, 0) is 50.7 Å². The van der Waals surface area contributed by atoms with Gasteiger partial charge in [0, 0.05) is 17.3 Å². The van der Waals surface area contributed by atoms with Crippen LogP contribution in [-0.4, -0.2) is 17.6 Å². The summed E-state index contributed by atoms with van der Waals surface area (Å²) in [5, 5.41) is 3.29. The summed E-state index contributed by atoms with van der Waals surface area (Å²) in [5.41, 5.74) is 2.23. The molecule has 0 bridgehead atoms. The van der Waals surface area contributed by atoms with E-state index in [0.717, 1.165) is 24.9 Å². The van der Waals surface area contributed by atoms with Crippen LogP contribution in [0.5, 0.6) is 0 Å². The summed E-state index contributed by atoms with van der Waals surface area (Å²) in [6.07, 6.45) is 7.03. The van der Waals surface area contributed by atoms with E-state index in [9.17, 15) is 4.79 Å². The Kier molecular flexibility index (Phi) is 4.16. The number of nitrogens with one attached hydrogen (secondary N) is 1. The molecule has 3 nitrogen and oxygen atoms in total. The van der Waals surface area contributed by atoms with Crippen molar-refractivity contribution >= 4 is 11.7 Å². The lowest BCUT2D eigenvalue weighted by Gasteiger charge is -2.46. The number of carbonyl (C=O) groups is 1. The lowest BCUT2D eigenvalue weighted by Crippen LogP contribution is -2.57. The molecule has 1 N–H and O–H groups in total. The van der Waals surface area contributed by atoms with Crippen molar-refractivity contribution in [1.29, 1.82) is 0 Å². The van der Waals surface area contributed by atoms with Crippen molar-refractivity contribution in [2.75, 3.05) is 4.90 Å². The first-order valence-corrected chi connectivity index (χ1v) is 8.69. The third-order valence-corrected chi connectivity index (χ3v) is 5.26. The first kappa shape index (κ1) is 15.4. The molecule has 1 fully saturated rings. The minimum absolute atomic E-state index is 0.0799. The highest BCUT2D eigenvalue weighted by atomic mass is 16.2. The first-order chi connectivity index (χ1) is 10.5. The van der Waals surface area contributed by atoms with Crippen LogP contribution in [0.2, 0.25) is 0 Å². The van der Waals surface area contributed by atoms with Gasteiger partial charge in [-0.3, -0.25) is 4.90 Å². The van der Waals surface area contributed by atoms with Crippen molar-refractivity contribution in [3.63, 3.8) is 0 Å². The Hall–Kier alpha value is -1.51. The fraction of sp³-hybridized carbons (Fsp3) is 0.632. The zero-order chi connectivity index (χ0) is 15.7. The summed E-state index contributed by atoms with van der Waals surface area (Å²) in [4.78, 5) is 15.0. The van der Waals surface area contributed by atoms with Gasteiger partial charge in [0.1, 0.15) is 0 Å². The normalized spacial score (nSPS) is 24.7. The van der Waals surface area contributed by atoms with Gasteiger partial charge in [-0.25, -0.2) is 4.79 Å². The minimum atomic E-state index is -0.146. The summed E-state index contributed by atoms with van der Waals surface area (Å²) in [5.74, 6) is 0.491. The predicted molar refractivity (Wildman–Crippen MR) is 91.4 cm³/mol. The highest BCUT2D eigenvalue weighted by Crippen LogP contribution is 2.43. The van der Waals surface area contributed by atoms with Crippen LogP contribution < -0.4 is 10.2 Å². The lowest BCUT2D eigenvalue weighted by molar-refractivity contribution is 0.228. The molecular weight excluding hydrogens is 272 g/mol. The molecule has 3 heteroatoms. The number of hydrogen-bond acceptors (Lipinski definition) is 1. The van der Waals surface area contributed by atoms with Crippen molar-refractivity contribution in [2.45, 2.75) is 76.8 Å². The number of para-hydroxylation sites is 1. The molecule has 3 rings (SSSR count). The van der Waals surface area contributed by atoms with E-state index in [1.807, 2.05) is 11.0 Å². The zero-order valence-corrected chi connectivity index (χ0v) is 14.1. The summed E-state index contributed by atoms with van der Waals surface area (Å²) >= 11 is 0. The molecule has 120 valence electrons. The molecule has 22 heavy (non-hydrogen) atoms. The Bertz CT molecular complexity index is 546. The van der Waals surface area contributed by atoms with Crippen LogP contribution in [-0.2, 0) is 0 Å². The standard InChI is InChI=1S/C19H28N2O/c1-14-13-19(2,3)21(17-12-8-7-11-16(14)17)18(22)20-15-9-5-4-6-10-15/h7-8,11-12,14-15H,4-6,9-10,13H2,1-3H3,(H,20,22)/t14-/m1/s1. The molecule has 1 saturated carbocycles. The SMILES string of the molecule is C[C@@H]1CC(C)(C)N(C(=O)NC2CCCCC2)c2ccccc21. The number of urea groups is 1. The predicted octanol–water partition coefficient (Wildman–Crippen LogP) is 4.82. The van der Waals surface area contributed by atoms with Crippen LogP contribution in [0.15, 0.2) is 24.3 Å². The molecule has 0 aromatic heterocycles. The van der Waals surface area contributed by atoms with Crippen LogP contribution in [0.4, 0.5) is 10.5 Å². The fourth-order valence-electron chi connectivity index (χ4n) is 4.25. The molecule has 1 aromatic rings. The summed E-state index contributed by atoms with van der Waals surface area (Å²) < 4.78 is 0. The maximum absolute atomic E-state index is 13.0. The number of carbonyl (C=O) groups excluding carboxylic acids is 1. The molecule has 1 aliphatic heterocycles. The highest BCUT2D eigenvalue weighted by molar-refractivity contribution is 5.95. The third-order valence-electron chi connectivity index (χ3n) is 5.26. The van der Waals surface area contributed by atoms with Crippen molar-refractivity contribution in [3.8, 4) is 0 Å². The van der Waals surface area contributed by atoms with E-state index in [1.54, 1.807) is 0 Å². The van der Waals surface area contributed by atoms with Crippen LogP contribution in [0, 0.1) is 0 Å². The second-order valence-corrected chi connectivity index (χ2v) is 7.60. The quantitative estimate of drug-likeness (QED) is 0.792. The van der Waals surface area contributed by atoms with Gasteiger partial charge in [-0.1, -0.05) is 44.4 Å². The van der Waals surface area contributed by atoms with E-state index in [0.29, 0.717) is 12.0 Å². The van der Waals surface area contributed by atoms with Crippen LogP contribution in [0.3, 0.4) is 0 Å². The van der Waals surface area contributed by atoms with Gasteiger partial charge in [0.15, 0.2) is 0 Å². The van der Waals surface area contributed by atoms with E-state index in [-0.39, 0.29) is 11.6 Å². The van der Waals surface area contributed by atoms with Crippen molar-refractivity contribution in [2.24, 2.45) is 0 Å². The van der Waals surface area contributed by atoms with Gasteiger partial charge in [0.25, 0.3) is 0 Å². The summed E-state index contributed by atoms with van der Waals surface area (Å²) in [7, 11) is 0.